The van der Waals surface area contributed by atoms with Crippen molar-refractivity contribution < 1.29 is 15.2 Å². The molecule has 2 N–H and O–H groups in total. The molecule has 0 aliphatic carbocycles. The molecule has 2 aromatic carbocycles. The third kappa shape index (κ3) is 3.44. The predicted octanol–water partition coefficient (Wildman–Crippen LogP) is 3.35. The van der Waals surface area contributed by atoms with E-state index in [2.05, 4.69) is 0 Å². The Morgan fingerprint density at radius 2 is 1.09 bits per heavy atom. The average Bonchev–Trinajstić information content (AvgIpc) is 2.60. The second kappa shape index (κ2) is 7.06. The molecular weight excluding hydrogens is 280 g/mol. The van der Waals surface area contributed by atoms with Crippen molar-refractivity contribution in [2.75, 3.05) is 23.2 Å². The Balaban J connectivity index is 2.17. The van der Waals surface area contributed by atoms with Crippen LogP contribution >= 0.6 is 0 Å². The highest BCUT2D eigenvalue weighted by molar-refractivity contribution is 6.09. The number of hydroxylamine groups is 2. The van der Waals surface area contributed by atoms with Crippen LogP contribution in [-0.2, 0) is 0 Å². The minimum Gasteiger partial charge on any atom is -0.289 e. The normalized spacial score (nSPS) is 10.4. The molecule has 0 radical (unpaired) electrons. The van der Waals surface area contributed by atoms with Crippen LogP contribution in [0.1, 0.15) is 29.8 Å². The van der Waals surface area contributed by atoms with E-state index in [1.165, 1.54) is 0 Å². The molecule has 0 aliphatic rings. The number of carbonyl (C=O) groups excluding carboxylic acids is 1. The molecule has 5 nitrogen and oxygen atoms in total. The van der Waals surface area contributed by atoms with Crippen LogP contribution in [0, 0.1) is 0 Å². The van der Waals surface area contributed by atoms with Crippen molar-refractivity contribution in [2.24, 2.45) is 0 Å². The molecule has 0 fully saturated rings. The summed E-state index contributed by atoms with van der Waals surface area (Å²) in [6.45, 7) is 4.62. The van der Waals surface area contributed by atoms with Crippen LogP contribution in [0.4, 0.5) is 11.4 Å². The van der Waals surface area contributed by atoms with Gasteiger partial charge in [0.15, 0.2) is 5.78 Å². The smallest absolute Gasteiger partial charge is 0.193 e. The molecule has 5 heteroatoms. The van der Waals surface area contributed by atoms with Gasteiger partial charge in [0.25, 0.3) is 0 Å². The number of carbonyl (C=O) groups is 1. The summed E-state index contributed by atoms with van der Waals surface area (Å²) >= 11 is 0. The lowest BCUT2D eigenvalue weighted by molar-refractivity contribution is 0.103. The first-order chi connectivity index (χ1) is 10.6. The zero-order chi connectivity index (χ0) is 16.1. The Morgan fingerprint density at radius 3 is 1.36 bits per heavy atom. The number of hydrogen-bond acceptors (Lipinski definition) is 5. The van der Waals surface area contributed by atoms with Gasteiger partial charge in [-0.2, -0.15) is 0 Å². The Bertz CT molecular complexity index is 568. The molecule has 2 aromatic rings. The van der Waals surface area contributed by atoms with Crippen LogP contribution in [0.3, 0.4) is 0 Å². The van der Waals surface area contributed by atoms with Gasteiger partial charge in [-0.05, 0) is 62.4 Å². The number of anilines is 2. The van der Waals surface area contributed by atoms with E-state index in [4.69, 9.17) is 0 Å². The number of ketones is 1. The summed E-state index contributed by atoms with van der Waals surface area (Å²) < 4.78 is 0. The molecule has 22 heavy (non-hydrogen) atoms. The third-order valence-corrected chi connectivity index (χ3v) is 3.45. The molecule has 0 amide bonds. The van der Waals surface area contributed by atoms with Crippen molar-refractivity contribution in [2.45, 2.75) is 13.8 Å². The fourth-order valence-corrected chi connectivity index (χ4v) is 2.10. The summed E-state index contributed by atoms with van der Waals surface area (Å²) in [6, 6.07) is 13.6. The molecule has 0 bridgehead atoms. The lowest BCUT2D eigenvalue weighted by atomic mass is 10.0. The first kappa shape index (κ1) is 16.0. The van der Waals surface area contributed by atoms with E-state index < -0.39 is 0 Å². The van der Waals surface area contributed by atoms with Gasteiger partial charge in [-0.3, -0.25) is 25.3 Å². The molecule has 0 unspecified atom stereocenters. The van der Waals surface area contributed by atoms with Crippen molar-refractivity contribution in [1.82, 2.24) is 0 Å². The molecule has 116 valence electrons. The second-order valence-corrected chi connectivity index (χ2v) is 4.85. The van der Waals surface area contributed by atoms with E-state index in [0.29, 0.717) is 35.6 Å². The predicted molar refractivity (Wildman–Crippen MR) is 85.9 cm³/mol. The fourth-order valence-electron chi connectivity index (χ4n) is 2.10. The van der Waals surface area contributed by atoms with Crippen LogP contribution < -0.4 is 10.1 Å². The van der Waals surface area contributed by atoms with E-state index in [-0.39, 0.29) is 5.78 Å². The zero-order valence-corrected chi connectivity index (χ0v) is 12.7. The highest BCUT2D eigenvalue weighted by Gasteiger charge is 2.10. The maximum Gasteiger partial charge on any atom is 0.193 e. The minimum atomic E-state index is -0.0972. The van der Waals surface area contributed by atoms with E-state index >= 15 is 0 Å². The van der Waals surface area contributed by atoms with Gasteiger partial charge in [0.05, 0.1) is 11.4 Å². The van der Waals surface area contributed by atoms with Crippen molar-refractivity contribution in [3.63, 3.8) is 0 Å². The second-order valence-electron chi connectivity index (χ2n) is 4.85. The van der Waals surface area contributed by atoms with Gasteiger partial charge < -0.3 is 0 Å². The van der Waals surface area contributed by atoms with Gasteiger partial charge in [0.2, 0.25) is 0 Å². The lowest BCUT2D eigenvalue weighted by Gasteiger charge is -2.15. The standard InChI is InChI=1S/C17H20N2O3/c1-3-18(21)15-9-5-13(6-10-15)17(20)14-7-11-16(12-8-14)19(22)4-2/h5-12,21-22H,3-4H2,1-2H3. The molecule has 0 saturated carbocycles. The van der Waals surface area contributed by atoms with Crippen LogP contribution in [0.5, 0.6) is 0 Å². The van der Waals surface area contributed by atoms with Gasteiger partial charge in [-0.1, -0.05) is 0 Å². The van der Waals surface area contributed by atoms with Gasteiger partial charge in [-0.25, -0.2) is 0 Å². The van der Waals surface area contributed by atoms with Crippen molar-refractivity contribution in [1.29, 1.82) is 0 Å². The van der Waals surface area contributed by atoms with Crippen LogP contribution in [0.2, 0.25) is 0 Å². The van der Waals surface area contributed by atoms with Crippen molar-refractivity contribution in [3.05, 3.63) is 59.7 Å². The van der Waals surface area contributed by atoms with Gasteiger partial charge in [0.1, 0.15) is 0 Å². The summed E-state index contributed by atoms with van der Waals surface area (Å²) in [4.78, 5) is 12.4. The third-order valence-electron chi connectivity index (χ3n) is 3.45. The first-order valence-electron chi connectivity index (χ1n) is 7.24. The first-order valence-corrected chi connectivity index (χ1v) is 7.24. The van der Waals surface area contributed by atoms with Crippen LogP contribution in [-0.4, -0.2) is 29.3 Å². The Kier molecular flexibility index (Phi) is 5.14. The summed E-state index contributed by atoms with van der Waals surface area (Å²) in [6.07, 6.45) is 0. The molecule has 0 atom stereocenters. The minimum absolute atomic E-state index is 0.0972. The maximum atomic E-state index is 12.4. The van der Waals surface area contributed by atoms with Crippen LogP contribution in [0.15, 0.2) is 48.5 Å². The Labute approximate surface area is 129 Å². The SMILES string of the molecule is CCN(O)c1ccc(C(=O)c2ccc(N(O)CC)cc2)cc1. The number of hydrogen-bond donors (Lipinski definition) is 2. The Morgan fingerprint density at radius 1 is 0.773 bits per heavy atom. The molecular formula is C17H20N2O3. The summed E-state index contributed by atoms with van der Waals surface area (Å²) in [5, 5.41) is 21.4. The highest BCUT2D eigenvalue weighted by Crippen LogP contribution is 2.18. The van der Waals surface area contributed by atoms with E-state index in [0.717, 1.165) is 10.1 Å². The van der Waals surface area contributed by atoms with Gasteiger partial charge in [-0.15, -0.1) is 0 Å². The van der Waals surface area contributed by atoms with E-state index in [1.54, 1.807) is 48.5 Å². The number of rotatable bonds is 6. The van der Waals surface area contributed by atoms with Crippen LogP contribution in [0.25, 0.3) is 0 Å². The fraction of sp³-hybridized carbons (Fsp3) is 0.235. The molecule has 0 saturated heterocycles. The van der Waals surface area contributed by atoms with Crippen molar-refractivity contribution in [3.8, 4) is 0 Å². The van der Waals surface area contributed by atoms with Gasteiger partial charge in [0, 0.05) is 24.2 Å². The van der Waals surface area contributed by atoms with Crippen molar-refractivity contribution >= 4 is 17.2 Å². The zero-order valence-electron chi connectivity index (χ0n) is 12.7. The molecule has 2 rings (SSSR count). The quantitative estimate of drug-likeness (QED) is 0.632. The highest BCUT2D eigenvalue weighted by atomic mass is 16.5. The molecule has 0 aliphatic heterocycles. The molecule has 0 spiro atoms. The summed E-state index contributed by atoms with van der Waals surface area (Å²) in [7, 11) is 0. The maximum absolute atomic E-state index is 12.4. The largest absolute Gasteiger partial charge is 0.289 e. The summed E-state index contributed by atoms with van der Waals surface area (Å²) in [5.41, 5.74) is 2.40. The van der Waals surface area contributed by atoms with E-state index in [9.17, 15) is 15.2 Å². The lowest BCUT2D eigenvalue weighted by Crippen LogP contribution is -2.17. The number of nitrogens with zero attached hydrogens (tertiary/aromatic N) is 2. The molecule has 0 heterocycles. The van der Waals surface area contributed by atoms with E-state index in [1.807, 2.05) is 13.8 Å². The Hall–Kier alpha value is -2.37. The summed E-state index contributed by atoms with van der Waals surface area (Å²) in [5.74, 6) is -0.0972. The van der Waals surface area contributed by atoms with Gasteiger partial charge >= 0.3 is 0 Å². The average molecular weight is 300 g/mol. The molecule has 0 aromatic heterocycles. The number of benzene rings is 2. The topological polar surface area (TPSA) is 64.0 Å². The monoisotopic (exact) mass is 300 g/mol.